The lowest BCUT2D eigenvalue weighted by atomic mass is 10.0. The predicted molar refractivity (Wildman–Crippen MR) is 89.9 cm³/mol. The number of aliphatic hydroxyl groups excluding tert-OH is 1. The molecule has 3 aromatic rings. The van der Waals surface area contributed by atoms with Crippen molar-refractivity contribution < 1.29 is 14.3 Å². The zero-order chi connectivity index (χ0) is 17.3. The van der Waals surface area contributed by atoms with Crippen LogP contribution < -0.4 is 11.1 Å². The van der Waals surface area contributed by atoms with Crippen LogP contribution in [0, 0.1) is 6.92 Å². The van der Waals surface area contributed by atoms with Gasteiger partial charge in [0.25, 0.3) is 5.91 Å². The van der Waals surface area contributed by atoms with Crippen LogP contribution in [0.15, 0.2) is 51.7 Å². The van der Waals surface area contributed by atoms with Crippen LogP contribution in [-0.4, -0.2) is 22.1 Å². The standard InChI is InChI=1S/C18H18N2O4/c1-11-6-3-4-7-12(11)15(21)10-19-17(22)13-8-5-9-14-16(13)24-18(23)20(14)2/h3-9,15,21H,10H2,1-2H3,(H,19,22). The van der Waals surface area contributed by atoms with Crippen molar-refractivity contribution >= 4 is 17.0 Å². The lowest BCUT2D eigenvalue weighted by molar-refractivity contribution is 0.0916. The van der Waals surface area contributed by atoms with Crippen LogP contribution >= 0.6 is 0 Å². The third kappa shape index (κ3) is 2.83. The average molecular weight is 326 g/mol. The number of hydrogen-bond acceptors (Lipinski definition) is 4. The van der Waals surface area contributed by atoms with Crippen LogP contribution in [0.2, 0.25) is 0 Å². The molecule has 0 saturated carbocycles. The lowest BCUT2D eigenvalue weighted by Gasteiger charge is -2.14. The molecule has 0 aliphatic heterocycles. The minimum absolute atomic E-state index is 0.0666. The maximum atomic E-state index is 12.4. The number of oxazole rings is 1. The summed E-state index contributed by atoms with van der Waals surface area (Å²) in [6.07, 6.45) is -0.808. The van der Waals surface area contributed by atoms with E-state index in [9.17, 15) is 14.7 Å². The van der Waals surface area contributed by atoms with Crippen LogP contribution in [-0.2, 0) is 7.05 Å². The Kier molecular flexibility index (Phi) is 4.22. The maximum absolute atomic E-state index is 12.4. The summed E-state index contributed by atoms with van der Waals surface area (Å²) >= 11 is 0. The van der Waals surface area contributed by atoms with Gasteiger partial charge in [-0.05, 0) is 30.2 Å². The first-order chi connectivity index (χ1) is 11.5. The molecule has 3 rings (SSSR count). The second kappa shape index (κ2) is 6.33. The third-order valence-electron chi connectivity index (χ3n) is 4.07. The summed E-state index contributed by atoms with van der Waals surface area (Å²) < 4.78 is 6.49. The minimum atomic E-state index is -0.808. The topological polar surface area (TPSA) is 84.5 Å². The Morgan fingerprint density at radius 2 is 2.00 bits per heavy atom. The van der Waals surface area contributed by atoms with Crippen LogP contribution in [0.5, 0.6) is 0 Å². The number of amides is 1. The largest absolute Gasteiger partial charge is 0.419 e. The van der Waals surface area contributed by atoms with E-state index in [2.05, 4.69) is 5.32 Å². The first kappa shape index (κ1) is 16.0. The van der Waals surface area contributed by atoms with Crippen molar-refractivity contribution in [1.82, 2.24) is 9.88 Å². The molecule has 1 amide bonds. The number of carbonyl (C=O) groups is 1. The molecule has 24 heavy (non-hydrogen) atoms. The van der Waals surface area contributed by atoms with Gasteiger partial charge in [-0.25, -0.2) is 4.79 Å². The van der Waals surface area contributed by atoms with E-state index in [0.29, 0.717) is 5.52 Å². The highest BCUT2D eigenvalue weighted by Gasteiger charge is 2.17. The second-order valence-electron chi connectivity index (χ2n) is 5.66. The van der Waals surface area contributed by atoms with E-state index in [1.165, 1.54) is 4.57 Å². The van der Waals surface area contributed by atoms with Gasteiger partial charge in [0, 0.05) is 13.6 Å². The highest BCUT2D eigenvalue weighted by atomic mass is 16.4. The molecule has 124 valence electrons. The molecule has 1 heterocycles. The molecule has 2 N–H and O–H groups in total. The zero-order valence-electron chi connectivity index (χ0n) is 13.4. The van der Waals surface area contributed by atoms with E-state index >= 15 is 0 Å². The maximum Gasteiger partial charge on any atom is 0.419 e. The molecule has 1 aromatic heterocycles. The van der Waals surface area contributed by atoms with E-state index in [1.54, 1.807) is 25.2 Å². The number of nitrogens with zero attached hydrogens (tertiary/aromatic N) is 1. The number of carbonyl (C=O) groups excluding carboxylic acids is 1. The molecule has 0 fully saturated rings. The van der Waals surface area contributed by atoms with Crippen LogP contribution in [0.1, 0.15) is 27.6 Å². The van der Waals surface area contributed by atoms with Crippen molar-refractivity contribution in [3.63, 3.8) is 0 Å². The molecule has 0 saturated heterocycles. The summed E-state index contributed by atoms with van der Waals surface area (Å²) in [4.78, 5) is 24.0. The Morgan fingerprint density at radius 3 is 2.75 bits per heavy atom. The van der Waals surface area contributed by atoms with E-state index in [4.69, 9.17) is 4.42 Å². The van der Waals surface area contributed by atoms with E-state index < -0.39 is 17.8 Å². The Hall–Kier alpha value is -2.86. The van der Waals surface area contributed by atoms with Gasteiger partial charge in [0.1, 0.15) is 0 Å². The number of aliphatic hydroxyl groups is 1. The molecular formula is C18H18N2O4. The average Bonchev–Trinajstić information content (AvgIpc) is 2.87. The summed E-state index contributed by atoms with van der Waals surface area (Å²) in [5.74, 6) is -0.923. The Balaban J connectivity index is 1.80. The minimum Gasteiger partial charge on any atom is -0.407 e. The first-order valence-corrected chi connectivity index (χ1v) is 7.59. The highest BCUT2D eigenvalue weighted by Crippen LogP contribution is 2.19. The fraction of sp³-hybridized carbons (Fsp3) is 0.222. The van der Waals surface area contributed by atoms with Crippen molar-refractivity contribution in [3.05, 3.63) is 69.7 Å². The summed E-state index contributed by atoms with van der Waals surface area (Å²) in [5.41, 5.74) is 2.78. The zero-order valence-corrected chi connectivity index (χ0v) is 13.4. The number of fused-ring (bicyclic) bond motifs is 1. The fourth-order valence-electron chi connectivity index (χ4n) is 2.68. The second-order valence-corrected chi connectivity index (χ2v) is 5.66. The normalized spacial score (nSPS) is 12.3. The van der Waals surface area contributed by atoms with Gasteiger partial charge in [0.2, 0.25) is 0 Å². The molecule has 0 spiro atoms. The number of para-hydroxylation sites is 1. The van der Waals surface area contributed by atoms with Gasteiger partial charge in [-0.2, -0.15) is 0 Å². The molecule has 0 aliphatic rings. The molecule has 6 nitrogen and oxygen atoms in total. The molecule has 2 aromatic carbocycles. The summed E-state index contributed by atoms with van der Waals surface area (Å²) in [6, 6.07) is 12.4. The van der Waals surface area contributed by atoms with Gasteiger partial charge in [0.05, 0.1) is 17.2 Å². The number of aryl methyl sites for hydroxylation is 2. The van der Waals surface area contributed by atoms with Crippen molar-refractivity contribution in [1.29, 1.82) is 0 Å². The fourth-order valence-corrected chi connectivity index (χ4v) is 2.68. The quantitative estimate of drug-likeness (QED) is 0.767. The number of rotatable bonds is 4. The Morgan fingerprint density at radius 1 is 1.25 bits per heavy atom. The number of hydrogen-bond donors (Lipinski definition) is 2. The molecule has 0 bridgehead atoms. The van der Waals surface area contributed by atoms with Gasteiger partial charge in [0.15, 0.2) is 5.58 Å². The molecule has 0 radical (unpaired) electrons. The van der Waals surface area contributed by atoms with Crippen molar-refractivity contribution in [2.75, 3.05) is 6.54 Å². The van der Waals surface area contributed by atoms with E-state index in [1.807, 2.05) is 31.2 Å². The highest BCUT2D eigenvalue weighted by molar-refractivity contribution is 6.04. The lowest BCUT2D eigenvalue weighted by Crippen LogP contribution is -2.28. The van der Waals surface area contributed by atoms with Gasteiger partial charge in [-0.15, -0.1) is 0 Å². The summed E-state index contributed by atoms with van der Waals surface area (Å²) in [7, 11) is 1.58. The molecule has 1 unspecified atom stereocenters. The number of nitrogens with one attached hydrogen (secondary N) is 1. The number of aromatic nitrogens is 1. The SMILES string of the molecule is Cc1ccccc1C(O)CNC(=O)c1cccc2c1oc(=O)n2C. The van der Waals surface area contributed by atoms with Gasteiger partial charge < -0.3 is 14.8 Å². The van der Waals surface area contributed by atoms with Gasteiger partial charge >= 0.3 is 5.76 Å². The van der Waals surface area contributed by atoms with Crippen molar-refractivity contribution in [3.8, 4) is 0 Å². The monoisotopic (exact) mass is 326 g/mol. The molecule has 0 aliphatic carbocycles. The molecule has 1 atom stereocenters. The van der Waals surface area contributed by atoms with E-state index in [-0.39, 0.29) is 17.7 Å². The van der Waals surface area contributed by atoms with Crippen LogP contribution in [0.3, 0.4) is 0 Å². The number of benzene rings is 2. The third-order valence-corrected chi connectivity index (χ3v) is 4.07. The first-order valence-electron chi connectivity index (χ1n) is 7.59. The van der Waals surface area contributed by atoms with Crippen molar-refractivity contribution in [2.24, 2.45) is 7.05 Å². The summed E-state index contributed by atoms with van der Waals surface area (Å²) in [6.45, 7) is 1.97. The van der Waals surface area contributed by atoms with Crippen LogP contribution in [0.4, 0.5) is 0 Å². The predicted octanol–water partition coefficient (Wildman–Crippen LogP) is 1.90. The van der Waals surface area contributed by atoms with Gasteiger partial charge in [-0.1, -0.05) is 30.3 Å². The Bertz CT molecular complexity index is 955. The van der Waals surface area contributed by atoms with Crippen LogP contribution in [0.25, 0.3) is 11.1 Å². The summed E-state index contributed by atoms with van der Waals surface area (Å²) in [5, 5.41) is 13.0. The molecule has 6 heteroatoms. The van der Waals surface area contributed by atoms with Crippen molar-refractivity contribution in [2.45, 2.75) is 13.0 Å². The smallest absolute Gasteiger partial charge is 0.407 e. The van der Waals surface area contributed by atoms with Gasteiger partial charge in [-0.3, -0.25) is 9.36 Å². The molecular weight excluding hydrogens is 308 g/mol. The Labute approximate surface area is 138 Å². The van der Waals surface area contributed by atoms with E-state index in [0.717, 1.165) is 11.1 Å².